The molecule has 100 valence electrons. The van der Waals surface area contributed by atoms with Crippen LogP contribution in [0.5, 0.6) is 0 Å². The molecule has 0 aromatic carbocycles. The normalized spacial score (nSPS) is 10.4. The summed E-state index contributed by atoms with van der Waals surface area (Å²) in [7, 11) is 0. The lowest BCUT2D eigenvalue weighted by Gasteiger charge is -2.08. The van der Waals surface area contributed by atoms with Crippen LogP contribution in [0.2, 0.25) is 0 Å². The Kier molecular flexibility index (Phi) is 4.52. The first-order valence-corrected chi connectivity index (χ1v) is 7.12. The average molecular weight is 276 g/mol. The molecule has 5 heteroatoms. The minimum Gasteiger partial charge on any atom is -0.478 e. The summed E-state index contributed by atoms with van der Waals surface area (Å²) in [5, 5.41) is 16.4. The molecule has 2 heterocycles. The van der Waals surface area contributed by atoms with Crippen molar-refractivity contribution in [3.8, 4) is 0 Å². The fourth-order valence-electron chi connectivity index (χ4n) is 1.75. The van der Waals surface area contributed by atoms with Crippen molar-refractivity contribution in [1.82, 2.24) is 4.98 Å². The van der Waals surface area contributed by atoms with Gasteiger partial charge in [0.25, 0.3) is 0 Å². The second-order valence-corrected chi connectivity index (χ2v) is 4.98. The van der Waals surface area contributed by atoms with Crippen LogP contribution >= 0.6 is 11.3 Å². The highest BCUT2D eigenvalue weighted by atomic mass is 32.1. The first-order valence-electron chi connectivity index (χ1n) is 6.18. The van der Waals surface area contributed by atoms with E-state index in [4.69, 9.17) is 5.11 Å². The molecular weight excluding hydrogens is 260 g/mol. The molecule has 0 aliphatic heterocycles. The number of carboxylic acids is 1. The molecule has 0 aliphatic carbocycles. The monoisotopic (exact) mass is 276 g/mol. The molecule has 0 aliphatic rings. The molecule has 0 amide bonds. The topological polar surface area (TPSA) is 62.2 Å². The molecule has 2 aromatic rings. The van der Waals surface area contributed by atoms with Gasteiger partial charge in [-0.3, -0.25) is 0 Å². The molecule has 0 atom stereocenters. The summed E-state index contributed by atoms with van der Waals surface area (Å²) >= 11 is 1.68. The van der Waals surface area contributed by atoms with Gasteiger partial charge in [0.1, 0.15) is 5.82 Å². The summed E-state index contributed by atoms with van der Waals surface area (Å²) in [6, 6.07) is 5.28. The van der Waals surface area contributed by atoms with Crippen LogP contribution in [-0.2, 0) is 12.8 Å². The van der Waals surface area contributed by atoms with Gasteiger partial charge in [0.05, 0.1) is 5.56 Å². The van der Waals surface area contributed by atoms with Crippen LogP contribution < -0.4 is 5.32 Å². The zero-order chi connectivity index (χ0) is 13.7. The van der Waals surface area contributed by atoms with Crippen molar-refractivity contribution < 1.29 is 9.90 Å². The minimum atomic E-state index is -0.919. The molecule has 19 heavy (non-hydrogen) atoms. The number of nitrogens with zero attached hydrogens (tertiary/aromatic N) is 1. The third-order valence-corrected chi connectivity index (χ3v) is 3.52. The molecule has 2 aromatic heterocycles. The maximum Gasteiger partial charge on any atom is 0.335 e. The van der Waals surface area contributed by atoms with Gasteiger partial charge < -0.3 is 10.4 Å². The lowest BCUT2D eigenvalue weighted by Crippen LogP contribution is -2.09. The van der Waals surface area contributed by atoms with Crippen molar-refractivity contribution >= 4 is 23.1 Å². The van der Waals surface area contributed by atoms with Gasteiger partial charge in [0, 0.05) is 12.2 Å². The number of aryl methyl sites for hydroxylation is 1. The number of rotatable bonds is 6. The first kappa shape index (κ1) is 13.5. The first-order chi connectivity index (χ1) is 9.19. The second-order valence-electron chi connectivity index (χ2n) is 4.20. The number of hydrogen-bond acceptors (Lipinski definition) is 4. The SMILES string of the molecule is CCc1cc(C(=O)O)cc(NCCc2ccsc2)n1. The summed E-state index contributed by atoms with van der Waals surface area (Å²) in [6.07, 6.45) is 1.63. The number of thiophene rings is 1. The number of carboxylic acid groups (broad SMARTS) is 1. The van der Waals surface area contributed by atoms with Gasteiger partial charge in [-0.2, -0.15) is 11.3 Å². The number of pyridine rings is 1. The smallest absolute Gasteiger partial charge is 0.335 e. The molecule has 0 fully saturated rings. The minimum absolute atomic E-state index is 0.282. The lowest BCUT2D eigenvalue weighted by molar-refractivity contribution is 0.0696. The standard InChI is InChI=1S/C14H16N2O2S/c1-2-12-7-11(14(17)18)8-13(16-12)15-5-3-10-4-6-19-9-10/h4,6-9H,2-3,5H2,1H3,(H,15,16)(H,17,18). The number of hydrogen-bond donors (Lipinski definition) is 2. The quantitative estimate of drug-likeness (QED) is 0.851. The number of aromatic nitrogens is 1. The van der Waals surface area contributed by atoms with Crippen molar-refractivity contribution in [2.45, 2.75) is 19.8 Å². The van der Waals surface area contributed by atoms with Gasteiger partial charge in [-0.05, 0) is 47.4 Å². The van der Waals surface area contributed by atoms with E-state index in [1.807, 2.05) is 12.3 Å². The summed E-state index contributed by atoms with van der Waals surface area (Å²) < 4.78 is 0. The second kappa shape index (κ2) is 6.33. The zero-order valence-corrected chi connectivity index (χ0v) is 11.5. The maximum atomic E-state index is 11.0. The number of nitrogens with one attached hydrogen (secondary N) is 1. The average Bonchev–Trinajstić information content (AvgIpc) is 2.91. The van der Waals surface area contributed by atoms with Crippen molar-refractivity contribution in [3.63, 3.8) is 0 Å². The molecule has 0 spiro atoms. The fourth-order valence-corrected chi connectivity index (χ4v) is 2.46. The van der Waals surface area contributed by atoms with Crippen molar-refractivity contribution in [1.29, 1.82) is 0 Å². The Labute approximate surface area is 116 Å². The molecule has 0 radical (unpaired) electrons. The van der Waals surface area contributed by atoms with E-state index in [1.165, 1.54) is 5.56 Å². The largest absolute Gasteiger partial charge is 0.478 e. The van der Waals surface area contributed by atoms with Crippen LogP contribution in [0.25, 0.3) is 0 Å². The van der Waals surface area contributed by atoms with Crippen LogP contribution in [0, 0.1) is 0 Å². The molecule has 0 bridgehead atoms. The number of aromatic carboxylic acids is 1. The van der Waals surface area contributed by atoms with Gasteiger partial charge in [-0.1, -0.05) is 6.92 Å². The highest BCUT2D eigenvalue weighted by molar-refractivity contribution is 7.07. The number of anilines is 1. The summed E-state index contributed by atoms with van der Waals surface area (Å²) in [6.45, 7) is 2.71. The Morgan fingerprint density at radius 1 is 1.47 bits per heavy atom. The summed E-state index contributed by atoms with van der Waals surface area (Å²) in [4.78, 5) is 15.4. The van der Waals surface area contributed by atoms with E-state index >= 15 is 0 Å². The third-order valence-electron chi connectivity index (χ3n) is 2.79. The fraction of sp³-hybridized carbons (Fsp3) is 0.286. The van der Waals surface area contributed by atoms with E-state index in [9.17, 15) is 4.79 Å². The molecule has 2 rings (SSSR count). The Balaban J connectivity index is 2.02. The van der Waals surface area contributed by atoms with Crippen LogP contribution in [0.4, 0.5) is 5.82 Å². The van der Waals surface area contributed by atoms with Gasteiger partial charge in [0.15, 0.2) is 0 Å². The molecule has 4 nitrogen and oxygen atoms in total. The van der Waals surface area contributed by atoms with Crippen LogP contribution in [0.1, 0.15) is 28.5 Å². The van der Waals surface area contributed by atoms with Crippen molar-refractivity contribution in [2.24, 2.45) is 0 Å². The molecule has 0 saturated heterocycles. The van der Waals surface area contributed by atoms with E-state index < -0.39 is 5.97 Å². The lowest BCUT2D eigenvalue weighted by atomic mass is 10.2. The van der Waals surface area contributed by atoms with Gasteiger partial charge in [-0.15, -0.1) is 0 Å². The van der Waals surface area contributed by atoms with E-state index in [1.54, 1.807) is 23.5 Å². The Bertz CT molecular complexity index is 553. The van der Waals surface area contributed by atoms with Gasteiger partial charge >= 0.3 is 5.97 Å². The highest BCUT2D eigenvalue weighted by Gasteiger charge is 2.07. The predicted molar refractivity (Wildman–Crippen MR) is 77.1 cm³/mol. The zero-order valence-electron chi connectivity index (χ0n) is 10.7. The molecular formula is C14H16N2O2S. The predicted octanol–water partition coefficient (Wildman–Crippen LogP) is 3.06. The van der Waals surface area contributed by atoms with Crippen molar-refractivity contribution in [3.05, 3.63) is 45.8 Å². The van der Waals surface area contributed by atoms with E-state index in [2.05, 4.69) is 21.7 Å². The molecule has 0 saturated carbocycles. The molecule has 0 unspecified atom stereocenters. The Morgan fingerprint density at radius 3 is 2.95 bits per heavy atom. The van der Waals surface area contributed by atoms with Gasteiger partial charge in [-0.25, -0.2) is 9.78 Å². The van der Waals surface area contributed by atoms with Crippen molar-refractivity contribution in [2.75, 3.05) is 11.9 Å². The Hall–Kier alpha value is -1.88. The van der Waals surface area contributed by atoms with E-state index in [0.717, 1.165) is 25.1 Å². The van der Waals surface area contributed by atoms with E-state index in [0.29, 0.717) is 5.82 Å². The highest BCUT2D eigenvalue weighted by Crippen LogP contribution is 2.12. The maximum absolute atomic E-state index is 11.0. The van der Waals surface area contributed by atoms with E-state index in [-0.39, 0.29) is 5.56 Å². The summed E-state index contributed by atoms with van der Waals surface area (Å²) in [5.41, 5.74) is 2.35. The summed E-state index contributed by atoms with van der Waals surface area (Å²) in [5.74, 6) is -0.287. The van der Waals surface area contributed by atoms with Crippen LogP contribution in [0.15, 0.2) is 29.0 Å². The van der Waals surface area contributed by atoms with Crippen LogP contribution in [0.3, 0.4) is 0 Å². The van der Waals surface area contributed by atoms with Gasteiger partial charge in [0.2, 0.25) is 0 Å². The van der Waals surface area contributed by atoms with Crippen LogP contribution in [-0.4, -0.2) is 22.6 Å². The Morgan fingerprint density at radius 2 is 2.32 bits per heavy atom. The third kappa shape index (κ3) is 3.79. The molecule has 2 N–H and O–H groups in total. The number of carbonyl (C=O) groups is 1.